The molecule has 0 radical (unpaired) electrons. The molecule has 0 aliphatic carbocycles. The van der Waals surface area contributed by atoms with E-state index in [0.29, 0.717) is 6.61 Å². The highest BCUT2D eigenvalue weighted by Gasteiger charge is 2.14. The van der Waals surface area contributed by atoms with Gasteiger partial charge in [-0.3, -0.25) is 0 Å². The topological polar surface area (TPSA) is 12.5 Å². The third-order valence-corrected chi connectivity index (χ3v) is 3.31. The van der Waals surface area contributed by atoms with Crippen LogP contribution in [0.5, 0.6) is 0 Å². The second-order valence-corrected chi connectivity index (χ2v) is 5.46. The number of hydrogen-bond acceptors (Lipinski definition) is 2. The molecule has 0 aliphatic heterocycles. The summed E-state index contributed by atoms with van der Waals surface area (Å²) in [5.74, 6) is 0. The van der Waals surface area contributed by atoms with Crippen LogP contribution in [-0.2, 0) is 4.74 Å². The van der Waals surface area contributed by atoms with Gasteiger partial charge in [0.1, 0.15) is 6.10 Å². The molecule has 0 heterocycles. The Morgan fingerprint density at radius 2 is 1.70 bits per heavy atom. The van der Waals surface area contributed by atoms with Gasteiger partial charge in [-0.15, -0.1) is 0 Å². The van der Waals surface area contributed by atoms with Gasteiger partial charge in [-0.1, -0.05) is 54.1 Å². The molecule has 0 saturated carbocycles. The highest BCUT2D eigenvalue weighted by atomic mass is 35.5. The molecule has 2 rings (SSSR count). The molecular formula is C17H20ClNO. The second kappa shape index (κ2) is 7.44. The number of nitrogens with zero attached hydrogens (tertiary/aromatic N) is 1. The Labute approximate surface area is 125 Å². The van der Waals surface area contributed by atoms with E-state index in [9.17, 15) is 0 Å². The third kappa shape index (κ3) is 4.34. The van der Waals surface area contributed by atoms with Crippen LogP contribution < -0.4 is 0 Å². The van der Waals surface area contributed by atoms with Gasteiger partial charge in [0.05, 0.1) is 6.61 Å². The van der Waals surface area contributed by atoms with Gasteiger partial charge in [0.2, 0.25) is 0 Å². The van der Waals surface area contributed by atoms with E-state index in [2.05, 4.69) is 23.1 Å². The van der Waals surface area contributed by atoms with Crippen molar-refractivity contribution in [3.63, 3.8) is 0 Å². The van der Waals surface area contributed by atoms with Crippen LogP contribution in [0.2, 0.25) is 5.02 Å². The molecule has 106 valence electrons. The first-order chi connectivity index (χ1) is 9.66. The lowest BCUT2D eigenvalue weighted by atomic mass is 10.0. The van der Waals surface area contributed by atoms with Crippen LogP contribution in [0.25, 0.3) is 0 Å². The fraction of sp³-hybridized carbons (Fsp3) is 0.294. The Bertz CT molecular complexity index is 528. The van der Waals surface area contributed by atoms with Gasteiger partial charge in [0.25, 0.3) is 0 Å². The number of rotatable bonds is 6. The number of ether oxygens (including phenoxy) is 1. The summed E-state index contributed by atoms with van der Waals surface area (Å²) < 4.78 is 6.08. The van der Waals surface area contributed by atoms with Gasteiger partial charge in [-0.2, -0.15) is 0 Å². The van der Waals surface area contributed by atoms with Crippen molar-refractivity contribution in [1.82, 2.24) is 4.90 Å². The summed E-state index contributed by atoms with van der Waals surface area (Å²) in [6.45, 7) is 1.57. The van der Waals surface area contributed by atoms with Crippen molar-refractivity contribution in [1.29, 1.82) is 0 Å². The summed E-state index contributed by atoms with van der Waals surface area (Å²) in [5, 5.41) is 0.736. The second-order valence-electron chi connectivity index (χ2n) is 5.02. The minimum absolute atomic E-state index is 0.0742. The maximum absolute atomic E-state index is 6.10. The first-order valence-electron chi connectivity index (χ1n) is 6.73. The van der Waals surface area contributed by atoms with Gasteiger partial charge in [-0.25, -0.2) is 0 Å². The predicted octanol–water partition coefficient (Wildman–Crippen LogP) is 4.01. The van der Waals surface area contributed by atoms with E-state index in [1.54, 1.807) is 0 Å². The normalized spacial score (nSPS) is 12.6. The molecule has 1 unspecified atom stereocenters. The van der Waals surface area contributed by atoms with Crippen LogP contribution >= 0.6 is 11.6 Å². The Balaban J connectivity index is 2.20. The molecule has 0 aliphatic rings. The van der Waals surface area contributed by atoms with Crippen LogP contribution in [0.15, 0.2) is 54.6 Å². The molecule has 2 nitrogen and oxygen atoms in total. The minimum Gasteiger partial charge on any atom is -0.367 e. The molecule has 2 aromatic carbocycles. The van der Waals surface area contributed by atoms with Gasteiger partial charge >= 0.3 is 0 Å². The molecule has 0 fully saturated rings. The maximum Gasteiger partial charge on any atom is 0.108 e. The van der Waals surface area contributed by atoms with Gasteiger partial charge in [0, 0.05) is 11.6 Å². The average Bonchev–Trinajstić information content (AvgIpc) is 2.44. The van der Waals surface area contributed by atoms with Gasteiger partial charge in [-0.05, 0) is 37.4 Å². The smallest absolute Gasteiger partial charge is 0.108 e. The monoisotopic (exact) mass is 289 g/mol. The molecule has 3 heteroatoms. The molecule has 2 aromatic rings. The fourth-order valence-corrected chi connectivity index (χ4v) is 2.23. The van der Waals surface area contributed by atoms with Crippen molar-refractivity contribution in [3.05, 3.63) is 70.7 Å². The van der Waals surface area contributed by atoms with Crippen LogP contribution in [0.1, 0.15) is 17.2 Å². The zero-order valence-corrected chi connectivity index (χ0v) is 12.7. The van der Waals surface area contributed by atoms with E-state index < -0.39 is 0 Å². The van der Waals surface area contributed by atoms with Crippen LogP contribution in [-0.4, -0.2) is 32.1 Å². The predicted molar refractivity (Wildman–Crippen MR) is 84.2 cm³/mol. The fourth-order valence-electron chi connectivity index (χ4n) is 2.04. The molecular weight excluding hydrogens is 270 g/mol. The summed E-state index contributed by atoms with van der Waals surface area (Å²) in [4.78, 5) is 2.11. The third-order valence-electron chi connectivity index (χ3n) is 3.08. The standard InChI is InChI=1S/C17H20ClNO/c1-19(2)11-12-20-17(14-7-4-3-5-8-14)15-9-6-10-16(18)13-15/h3-10,13,17H,11-12H2,1-2H3. The molecule has 0 bridgehead atoms. The molecule has 0 saturated heterocycles. The number of hydrogen-bond donors (Lipinski definition) is 0. The largest absolute Gasteiger partial charge is 0.367 e. The van der Waals surface area contributed by atoms with Crippen molar-refractivity contribution in [3.8, 4) is 0 Å². The number of likely N-dealkylation sites (N-methyl/N-ethyl adjacent to an activating group) is 1. The van der Waals surface area contributed by atoms with Crippen molar-refractivity contribution in [2.24, 2.45) is 0 Å². The zero-order valence-electron chi connectivity index (χ0n) is 11.9. The summed E-state index contributed by atoms with van der Waals surface area (Å²) in [6.07, 6.45) is -0.0742. The molecule has 1 atom stereocenters. The lowest BCUT2D eigenvalue weighted by molar-refractivity contribution is 0.0687. The first kappa shape index (κ1) is 15.0. The molecule has 20 heavy (non-hydrogen) atoms. The lowest BCUT2D eigenvalue weighted by Crippen LogP contribution is -2.20. The van der Waals surface area contributed by atoms with E-state index in [-0.39, 0.29) is 6.10 Å². The van der Waals surface area contributed by atoms with Gasteiger partial charge in [0.15, 0.2) is 0 Å². The van der Waals surface area contributed by atoms with E-state index in [1.807, 2.05) is 50.5 Å². The Kier molecular flexibility index (Phi) is 5.60. The molecule has 0 aromatic heterocycles. The SMILES string of the molecule is CN(C)CCOC(c1ccccc1)c1cccc(Cl)c1. The zero-order chi connectivity index (χ0) is 14.4. The van der Waals surface area contributed by atoms with Crippen LogP contribution in [0.3, 0.4) is 0 Å². The summed E-state index contributed by atoms with van der Waals surface area (Å²) in [5.41, 5.74) is 2.23. The maximum atomic E-state index is 6.10. The Hall–Kier alpha value is -1.35. The first-order valence-corrected chi connectivity index (χ1v) is 7.11. The number of benzene rings is 2. The van der Waals surface area contributed by atoms with E-state index >= 15 is 0 Å². The average molecular weight is 290 g/mol. The highest BCUT2D eigenvalue weighted by molar-refractivity contribution is 6.30. The van der Waals surface area contributed by atoms with Crippen molar-refractivity contribution in [2.45, 2.75) is 6.10 Å². The summed E-state index contributed by atoms with van der Waals surface area (Å²) >= 11 is 6.10. The van der Waals surface area contributed by atoms with E-state index in [0.717, 1.165) is 22.7 Å². The summed E-state index contributed by atoms with van der Waals surface area (Å²) in [7, 11) is 4.08. The van der Waals surface area contributed by atoms with Crippen molar-refractivity contribution < 1.29 is 4.74 Å². The summed E-state index contributed by atoms with van der Waals surface area (Å²) in [6, 6.07) is 18.1. The Morgan fingerprint density at radius 1 is 1.00 bits per heavy atom. The molecule has 0 N–H and O–H groups in total. The molecule has 0 amide bonds. The van der Waals surface area contributed by atoms with Crippen molar-refractivity contribution >= 4 is 11.6 Å². The Morgan fingerprint density at radius 3 is 2.35 bits per heavy atom. The van der Waals surface area contributed by atoms with Crippen LogP contribution in [0, 0.1) is 0 Å². The van der Waals surface area contributed by atoms with E-state index in [4.69, 9.17) is 16.3 Å². The molecule has 0 spiro atoms. The quantitative estimate of drug-likeness (QED) is 0.797. The lowest BCUT2D eigenvalue weighted by Gasteiger charge is -2.20. The minimum atomic E-state index is -0.0742. The number of halogens is 1. The highest BCUT2D eigenvalue weighted by Crippen LogP contribution is 2.27. The van der Waals surface area contributed by atoms with Crippen LogP contribution in [0.4, 0.5) is 0 Å². The van der Waals surface area contributed by atoms with E-state index in [1.165, 1.54) is 0 Å². The van der Waals surface area contributed by atoms with Gasteiger partial charge < -0.3 is 9.64 Å². The van der Waals surface area contributed by atoms with Crippen molar-refractivity contribution in [2.75, 3.05) is 27.2 Å².